The lowest BCUT2D eigenvalue weighted by Gasteiger charge is -2.19. The van der Waals surface area contributed by atoms with Crippen molar-refractivity contribution in [2.75, 3.05) is 51.6 Å². The van der Waals surface area contributed by atoms with E-state index in [4.69, 9.17) is 16.2 Å². The van der Waals surface area contributed by atoms with E-state index in [1.807, 2.05) is 36.4 Å². The van der Waals surface area contributed by atoms with E-state index in [0.717, 1.165) is 31.7 Å². The molecule has 1 aliphatic rings. The molecule has 4 rings (SSSR count). The summed E-state index contributed by atoms with van der Waals surface area (Å²) in [6.45, 7) is 4.60. The average molecular weight is 488 g/mol. The molecule has 0 aliphatic heterocycles. The van der Waals surface area contributed by atoms with Crippen molar-refractivity contribution in [3.63, 3.8) is 0 Å². The van der Waals surface area contributed by atoms with Crippen molar-refractivity contribution in [2.24, 2.45) is 11.7 Å². The predicted octanol–water partition coefficient (Wildman–Crippen LogP) is 3.10. The monoisotopic (exact) mass is 487 g/mol. The van der Waals surface area contributed by atoms with Gasteiger partial charge in [0.25, 0.3) is 0 Å². The summed E-state index contributed by atoms with van der Waals surface area (Å²) in [6, 6.07) is 24.7. The van der Waals surface area contributed by atoms with Crippen molar-refractivity contribution < 1.29 is 9.53 Å². The van der Waals surface area contributed by atoms with Crippen LogP contribution in [-0.4, -0.2) is 52.0 Å². The van der Waals surface area contributed by atoms with E-state index in [9.17, 15) is 4.79 Å². The summed E-state index contributed by atoms with van der Waals surface area (Å²) < 4.78 is 5.61. The van der Waals surface area contributed by atoms with Gasteiger partial charge in [0.2, 0.25) is 0 Å². The lowest BCUT2D eigenvalue weighted by atomic mass is 9.98. The molecule has 0 spiro atoms. The average Bonchev–Trinajstić information content (AvgIpc) is 3.22. The summed E-state index contributed by atoms with van der Waals surface area (Å²) in [5, 5.41) is 9.73. The molecule has 0 fully saturated rings. The second kappa shape index (κ2) is 13.1. The number of anilines is 1. The van der Waals surface area contributed by atoms with Gasteiger partial charge in [0.15, 0.2) is 0 Å². The first-order valence-corrected chi connectivity index (χ1v) is 12.7. The van der Waals surface area contributed by atoms with Crippen LogP contribution in [0.1, 0.15) is 22.6 Å². The van der Waals surface area contributed by atoms with Gasteiger partial charge in [-0.05, 0) is 65.4 Å². The Bertz CT molecular complexity index is 1070. The van der Waals surface area contributed by atoms with Crippen LogP contribution in [-0.2, 0) is 11.2 Å². The SMILES string of the molecule is NCCNCC(CNCCNC(=O)OCC1c2ccccc2-c2ccccc21)Cc1ccc(N)cc1. The van der Waals surface area contributed by atoms with E-state index in [-0.39, 0.29) is 12.0 Å². The molecule has 1 atom stereocenters. The predicted molar refractivity (Wildman–Crippen MR) is 146 cm³/mol. The number of carbonyl (C=O) groups is 1. The highest BCUT2D eigenvalue weighted by Crippen LogP contribution is 2.44. The third kappa shape index (κ3) is 6.85. The Morgan fingerprint density at radius 1 is 0.833 bits per heavy atom. The quantitative estimate of drug-likeness (QED) is 0.187. The highest BCUT2D eigenvalue weighted by molar-refractivity contribution is 5.79. The summed E-state index contributed by atoms with van der Waals surface area (Å²) in [4.78, 5) is 12.4. The van der Waals surface area contributed by atoms with E-state index in [0.29, 0.717) is 32.2 Å². The van der Waals surface area contributed by atoms with Gasteiger partial charge in [-0.2, -0.15) is 0 Å². The number of alkyl carbamates (subject to hydrolysis) is 1. The Hall–Kier alpha value is -3.39. The first-order chi connectivity index (χ1) is 17.7. The van der Waals surface area contributed by atoms with E-state index in [2.05, 4.69) is 52.3 Å². The normalized spacial score (nSPS) is 13.1. The summed E-state index contributed by atoms with van der Waals surface area (Å²) in [5.41, 5.74) is 18.3. The molecular formula is C29H37N5O2. The number of amides is 1. The Kier molecular flexibility index (Phi) is 9.33. The van der Waals surface area contributed by atoms with Gasteiger partial charge in [0.1, 0.15) is 6.61 Å². The standard InChI is InChI=1S/C29H37N5O2/c30-13-14-32-18-22(17-21-9-11-23(31)12-10-21)19-33-15-16-34-29(35)36-20-28-26-7-3-1-5-24(26)25-6-2-4-8-27(25)28/h1-12,22,28,32-33H,13-20,30-31H2,(H,34,35). The molecule has 3 aromatic rings. The minimum absolute atomic E-state index is 0.0661. The fourth-order valence-corrected chi connectivity index (χ4v) is 4.82. The first-order valence-electron chi connectivity index (χ1n) is 12.7. The number of nitrogens with two attached hydrogens (primary N) is 2. The van der Waals surface area contributed by atoms with Crippen LogP contribution in [0.25, 0.3) is 11.1 Å². The highest BCUT2D eigenvalue weighted by Gasteiger charge is 2.28. The van der Waals surface area contributed by atoms with Gasteiger partial charge in [-0.25, -0.2) is 4.79 Å². The third-order valence-corrected chi connectivity index (χ3v) is 6.61. The molecule has 7 heteroatoms. The molecule has 0 saturated heterocycles. The van der Waals surface area contributed by atoms with Crippen molar-refractivity contribution in [1.29, 1.82) is 0 Å². The molecule has 0 heterocycles. The Balaban J connectivity index is 1.19. The maximum atomic E-state index is 12.4. The van der Waals surface area contributed by atoms with E-state index in [1.165, 1.54) is 27.8 Å². The molecule has 190 valence electrons. The van der Waals surface area contributed by atoms with Crippen LogP contribution in [0.2, 0.25) is 0 Å². The minimum atomic E-state index is -0.387. The number of hydrogen-bond donors (Lipinski definition) is 5. The zero-order valence-corrected chi connectivity index (χ0v) is 20.7. The molecule has 0 radical (unpaired) electrons. The number of nitrogen functional groups attached to an aromatic ring is 1. The smallest absolute Gasteiger partial charge is 0.407 e. The fourth-order valence-electron chi connectivity index (χ4n) is 4.82. The van der Waals surface area contributed by atoms with Crippen LogP contribution in [0.3, 0.4) is 0 Å². The minimum Gasteiger partial charge on any atom is -0.449 e. The molecule has 0 bridgehead atoms. The molecule has 7 nitrogen and oxygen atoms in total. The van der Waals surface area contributed by atoms with E-state index in [1.54, 1.807) is 0 Å². The molecule has 3 aromatic carbocycles. The zero-order valence-electron chi connectivity index (χ0n) is 20.7. The van der Waals surface area contributed by atoms with Crippen LogP contribution >= 0.6 is 0 Å². The number of carbonyl (C=O) groups excluding carboxylic acids is 1. The van der Waals surface area contributed by atoms with Gasteiger partial charge in [0.05, 0.1) is 0 Å². The molecule has 0 saturated carbocycles. The Morgan fingerprint density at radius 3 is 2.08 bits per heavy atom. The third-order valence-electron chi connectivity index (χ3n) is 6.61. The van der Waals surface area contributed by atoms with Crippen molar-refractivity contribution in [1.82, 2.24) is 16.0 Å². The van der Waals surface area contributed by atoms with Crippen LogP contribution in [0, 0.1) is 5.92 Å². The topological polar surface area (TPSA) is 114 Å². The second-order valence-corrected chi connectivity index (χ2v) is 9.26. The number of nitrogens with one attached hydrogen (secondary N) is 3. The highest BCUT2D eigenvalue weighted by atomic mass is 16.5. The van der Waals surface area contributed by atoms with E-state index >= 15 is 0 Å². The van der Waals surface area contributed by atoms with Crippen LogP contribution in [0.5, 0.6) is 0 Å². The Morgan fingerprint density at radius 2 is 1.44 bits per heavy atom. The van der Waals surface area contributed by atoms with Crippen LogP contribution < -0.4 is 27.4 Å². The van der Waals surface area contributed by atoms with Gasteiger partial charge in [-0.1, -0.05) is 60.7 Å². The maximum absolute atomic E-state index is 12.4. The molecule has 1 unspecified atom stereocenters. The first kappa shape index (κ1) is 25.7. The molecule has 7 N–H and O–H groups in total. The number of benzene rings is 3. The molecular weight excluding hydrogens is 450 g/mol. The van der Waals surface area contributed by atoms with Gasteiger partial charge in [0, 0.05) is 37.8 Å². The summed E-state index contributed by atoms with van der Waals surface area (Å²) in [5.74, 6) is 0.464. The summed E-state index contributed by atoms with van der Waals surface area (Å²) in [7, 11) is 0. The zero-order chi connectivity index (χ0) is 25.2. The van der Waals surface area contributed by atoms with Gasteiger partial charge < -0.3 is 32.2 Å². The lowest BCUT2D eigenvalue weighted by Crippen LogP contribution is -2.38. The van der Waals surface area contributed by atoms with Gasteiger partial charge >= 0.3 is 6.09 Å². The summed E-state index contributed by atoms with van der Waals surface area (Å²) in [6.07, 6.45) is 0.548. The number of ether oxygens (including phenoxy) is 1. The van der Waals surface area contributed by atoms with Crippen molar-refractivity contribution in [3.05, 3.63) is 89.5 Å². The van der Waals surface area contributed by atoms with Crippen molar-refractivity contribution in [3.8, 4) is 11.1 Å². The molecule has 0 aromatic heterocycles. The molecule has 1 aliphatic carbocycles. The lowest BCUT2D eigenvalue weighted by molar-refractivity contribution is 0.143. The summed E-state index contributed by atoms with van der Waals surface area (Å²) >= 11 is 0. The maximum Gasteiger partial charge on any atom is 0.407 e. The van der Waals surface area contributed by atoms with Crippen molar-refractivity contribution in [2.45, 2.75) is 12.3 Å². The van der Waals surface area contributed by atoms with E-state index < -0.39 is 0 Å². The number of rotatable bonds is 13. The second-order valence-electron chi connectivity index (χ2n) is 9.26. The Labute approximate surface area is 213 Å². The number of hydrogen-bond acceptors (Lipinski definition) is 6. The van der Waals surface area contributed by atoms with Crippen LogP contribution in [0.15, 0.2) is 72.8 Å². The van der Waals surface area contributed by atoms with Crippen molar-refractivity contribution >= 4 is 11.8 Å². The van der Waals surface area contributed by atoms with Gasteiger partial charge in [-0.15, -0.1) is 0 Å². The molecule has 36 heavy (non-hydrogen) atoms. The fraction of sp³-hybridized carbons (Fsp3) is 0.345. The largest absolute Gasteiger partial charge is 0.449 e. The van der Waals surface area contributed by atoms with Crippen LogP contribution in [0.4, 0.5) is 10.5 Å². The number of fused-ring (bicyclic) bond motifs is 3. The van der Waals surface area contributed by atoms with Gasteiger partial charge in [-0.3, -0.25) is 0 Å². The molecule has 1 amide bonds.